The van der Waals surface area contributed by atoms with Crippen molar-refractivity contribution in [3.05, 3.63) is 119 Å². The molecule has 0 aliphatic heterocycles. The average molecular weight is 400 g/mol. The van der Waals surface area contributed by atoms with Gasteiger partial charge < -0.3 is 10.2 Å². The van der Waals surface area contributed by atoms with Crippen LogP contribution in [0.5, 0.6) is 0 Å². The highest BCUT2D eigenvalue weighted by Crippen LogP contribution is 2.40. The molecule has 29 heavy (non-hydrogen) atoms. The van der Waals surface area contributed by atoms with Crippen LogP contribution in [0.3, 0.4) is 0 Å². The van der Waals surface area contributed by atoms with Crippen molar-refractivity contribution in [2.45, 2.75) is 5.54 Å². The summed E-state index contributed by atoms with van der Waals surface area (Å²) in [6.45, 7) is 0. The zero-order valence-corrected chi connectivity index (χ0v) is 16.8. The molecule has 4 nitrogen and oxygen atoms in total. The van der Waals surface area contributed by atoms with Crippen LogP contribution < -0.4 is 5.32 Å². The first-order valence-electron chi connectivity index (χ1n) is 9.30. The number of nitrogens with zero attached hydrogens (tertiary/aromatic N) is 2. The SMILES string of the molecule is CON=Cc1csc(NC(c2ccccc2)(c2ccccc2)c2ccccc2)n1. The average Bonchev–Trinajstić information content (AvgIpc) is 3.25. The van der Waals surface area contributed by atoms with Crippen molar-refractivity contribution in [2.24, 2.45) is 5.16 Å². The normalized spacial score (nSPS) is 11.5. The summed E-state index contributed by atoms with van der Waals surface area (Å²) < 4.78 is 0. The lowest BCUT2D eigenvalue weighted by Gasteiger charge is -2.36. The molecule has 0 spiro atoms. The van der Waals surface area contributed by atoms with E-state index in [2.05, 4.69) is 88.3 Å². The lowest BCUT2D eigenvalue weighted by Crippen LogP contribution is -2.38. The summed E-state index contributed by atoms with van der Waals surface area (Å²) in [5.74, 6) is 0. The molecule has 0 saturated heterocycles. The maximum atomic E-state index is 4.78. The summed E-state index contributed by atoms with van der Waals surface area (Å²) in [5, 5.41) is 10.3. The van der Waals surface area contributed by atoms with Crippen molar-refractivity contribution in [1.29, 1.82) is 0 Å². The van der Waals surface area contributed by atoms with Crippen LogP contribution in [0.1, 0.15) is 22.4 Å². The molecule has 1 heterocycles. The van der Waals surface area contributed by atoms with Gasteiger partial charge in [0, 0.05) is 5.38 Å². The highest BCUT2D eigenvalue weighted by atomic mass is 32.1. The first-order valence-corrected chi connectivity index (χ1v) is 10.2. The van der Waals surface area contributed by atoms with Crippen LogP contribution in [0.2, 0.25) is 0 Å². The summed E-state index contributed by atoms with van der Waals surface area (Å²) in [6.07, 6.45) is 1.61. The number of thiazole rings is 1. The maximum Gasteiger partial charge on any atom is 0.184 e. The topological polar surface area (TPSA) is 46.5 Å². The zero-order valence-electron chi connectivity index (χ0n) is 16.0. The molecule has 0 amide bonds. The number of aromatic nitrogens is 1. The Hall–Kier alpha value is -3.44. The monoisotopic (exact) mass is 399 g/mol. The predicted octanol–water partition coefficient (Wildman–Crippen LogP) is 5.53. The first-order chi connectivity index (χ1) is 14.3. The number of rotatable bonds is 7. The Labute approximate surface area is 174 Å². The summed E-state index contributed by atoms with van der Waals surface area (Å²) in [7, 11) is 1.52. The van der Waals surface area contributed by atoms with Crippen molar-refractivity contribution >= 4 is 22.7 Å². The minimum Gasteiger partial charge on any atom is -0.399 e. The molecule has 144 valence electrons. The number of nitrogens with one attached hydrogen (secondary N) is 1. The van der Waals surface area contributed by atoms with Crippen LogP contribution in [0.15, 0.2) is 102 Å². The lowest BCUT2D eigenvalue weighted by molar-refractivity contribution is 0.215. The van der Waals surface area contributed by atoms with Crippen LogP contribution in [-0.4, -0.2) is 18.3 Å². The van der Waals surface area contributed by atoms with Crippen LogP contribution in [-0.2, 0) is 10.4 Å². The second-order valence-electron chi connectivity index (χ2n) is 6.47. The number of benzene rings is 3. The van der Waals surface area contributed by atoms with E-state index < -0.39 is 5.54 Å². The number of anilines is 1. The number of hydrogen-bond acceptors (Lipinski definition) is 5. The fourth-order valence-corrected chi connectivity index (χ4v) is 4.17. The molecule has 0 unspecified atom stereocenters. The van der Waals surface area contributed by atoms with Crippen LogP contribution in [0.25, 0.3) is 0 Å². The van der Waals surface area contributed by atoms with Crippen molar-refractivity contribution in [3.8, 4) is 0 Å². The first kappa shape index (κ1) is 18.9. The Morgan fingerprint density at radius 2 is 1.31 bits per heavy atom. The predicted molar refractivity (Wildman–Crippen MR) is 120 cm³/mol. The molecule has 0 fully saturated rings. The van der Waals surface area contributed by atoms with Gasteiger partial charge in [-0.2, -0.15) is 0 Å². The lowest BCUT2D eigenvalue weighted by atomic mass is 9.77. The number of oxime groups is 1. The smallest absolute Gasteiger partial charge is 0.184 e. The summed E-state index contributed by atoms with van der Waals surface area (Å²) in [6, 6.07) is 31.4. The Kier molecular flexibility index (Phi) is 5.68. The van der Waals surface area contributed by atoms with Gasteiger partial charge in [-0.25, -0.2) is 4.98 Å². The standard InChI is InChI=1S/C24H21N3OS/c1-28-25-17-22-18-29-23(26-22)27-24(19-11-5-2-6-12-19,20-13-7-3-8-14-20)21-15-9-4-10-16-21/h2-18H,1H3,(H,26,27). The van der Waals surface area contributed by atoms with Crippen molar-refractivity contribution < 1.29 is 4.84 Å². The second-order valence-corrected chi connectivity index (χ2v) is 7.33. The molecule has 4 aromatic rings. The van der Waals surface area contributed by atoms with E-state index in [1.165, 1.54) is 7.11 Å². The van der Waals surface area contributed by atoms with Gasteiger partial charge in [0.1, 0.15) is 12.6 Å². The van der Waals surface area contributed by atoms with Crippen LogP contribution >= 0.6 is 11.3 Å². The fourth-order valence-electron chi connectivity index (χ4n) is 3.45. The van der Waals surface area contributed by atoms with Gasteiger partial charge in [0.25, 0.3) is 0 Å². The molecular formula is C24H21N3OS. The van der Waals surface area contributed by atoms with Gasteiger partial charge in [-0.1, -0.05) is 96.2 Å². The molecule has 0 atom stereocenters. The third-order valence-corrected chi connectivity index (χ3v) is 5.50. The summed E-state index contributed by atoms with van der Waals surface area (Å²) >= 11 is 1.54. The highest BCUT2D eigenvalue weighted by molar-refractivity contribution is 7.13. The zero-order chi connectivity index (χ0) is 19.9. The molecule has 0 aliphatic carbocycles. The van der Waals surface area contributed by atoms with Crippen LogP contribution in [0.4, 0.5) is 5.13 Å². The van der Waals surface area contributed by atoms with Crippen molar-refractivity contribution in [1.82, 2.24) is 4.98 Å². The van der Waals surface area contributed by atoms with Gasteiger partial charge in [0.05, 0.1) is 11.9 Å². The molecule has 0 saturated carbocycles. The van der Waals surface area contributed by atoms with E-state index in [9.17, 15) is 0 Å². The van der Waals surface area contributed by atoms with E-state index in [1.807, 2.05) is 23.6 Å². The van der Waals surface area contributed by atoms with Crippen molar-refractivity contribution in [2.75, 3.05) is 12.4 Å². The molecule has 5 heteroatoms. The Morgan fingerprint density at radius 1 is 0.828 bits per heavy atom. The molecule has 0 bridgehead atoms. The summed E-state index contributed by atoms with van der Waals surface area (Å²) in [5.41, 5.74) is 3.58. The van der Waals surface area contributed by atoms with Gasteiger partial charge in [0.2, 0.25) is 0 Å². The molecule has 0 aliphatic rings. The molecular weight excluding hydrogens is 378 g/mol. The van der Waals surface area contributed by atoms with E-state index in [1.54, 1.807) is 17.6 Å². The minimum absolute atomic E-state index is 0.586. The van der Waals surface area contributed by atoms with E-state index in [4.69, 9.17) is 4.84 Å². The number of hydrogen-bond donors (Lipinski definition) is 1. The Balaban J connectivity index is 1.90. The van der Waals surface area contributed by atoms with Crippen molar-refractivity contribution in [3.63, 3.8) is 0 Å². The Bertz CT molecular complexity index is 966. The quantitative estimate of drug-likeness (QED) is 0.253. The maximum absolute atomic E-state index is 4.78. The molecule has 0 radical (unpaired) electrons. The van der Waals surface area contributed by atoms with Gasteiger partial charge >= 0.3 is 0 Å². The van der Waals surface area contributed by atoms with E-state index in [0.29, 0.717) is 0 Å². The highest BCUT2D eigenvalue weighted by Gasteiger charge is 2.37. The van der Waals surface area contributed by atoms with E-state index >= 15 is 0 Å². The molecule has 3 aromatic carbocycles. The van der Waals surface area contributed by atoms with Gasteiger partial charge in [-0.3, -0.25) is 0 Å². The Morgan fingerprint density at radius 3 is 1.76 bits per heavy atom. The largest absolute Gasteiger partial charge is 0.399 e. The fraction of sp³-hybridized carbons (Fsp3) is 0.0833. The molecule has 4 rings (SSSR count). The van der Waals surface area contributed by atoms with E-state index in [-0.39, 0.29) is 0 Å². The van der Waals surface area contributed by atoms with Gasteiger partial charge in [-0.15, -0.1) is 11.3 Å². The third-order valence-electron chi connectivity index (χ3n) is 4.73. The molecule has 1 N–H and O–H groups in total. The minimum atomic E-state index is -0.586. The third kappa shape index (κ3) is 3.91. The second kappa shape index (κ2) is 8.71. The summed E-state index contributed by atoms with van der Waals surface area (Å²) in [4.78, 5) is 9.46. The van der Waals surface area contributed by atoms with Gasteiger partial charge in [0.15, 0.2) is 5.13 Å². The molecule has 1 aromatic heterocycles. The van der Waals surface area contributed by atoms with Crippen LogP contribution in [0, 0.1) is 0 Å². The van der Waals surface area contributed by atoms with E-state index in [0.717, 1.165) is 27.5 Å². The van der Waals surface area contributed by atoms with Gasteiger partial charge in [-0.05, 0) is 16.7 Å².